The molecule has 0 bridgehead atoms. The molecule has 0 radical (unpaired) electrons. The SMILES string of the molecule is CC(C)CC(N)C(=O)NC(CC(=O)O)C(=O)NC(CC(C)C)C(=O)NC(CC(=O)O)C(=O)O. The van der Waals surface area contributed by atoms with Crippen molar-refractivity contribution in [3.8, 4) is 0 Å². The first-order valence-corrected chi connectivity index (χ1v) is 10.5. The molecule has 0 aliphatic rings. The number of aliphatic carboxylic acids is 3. The standard InChI is InChI=1S/C20H34N4O9/c1-9(2)5-11(21)17(29)22-13(7-15(25)26)19(31)23-12(6-10(3)4)18(30)24-14(20(32)33)8-16(27)28/h9-14H,5-8,21H2,1-4H3,(H,22,29)(H,23,31)(H,24,30)(H,25,26)(H,27,28)(H,32,33). The molecule has 13 heteroatoms. The summed E-state index contributed by atoms with van der Waals surface area (Å²) in [5.41, 5.74) is 5.78. The molecule has 0 spiro atoms. The summed E-state index contributed by atoms with van der Waals surface area (Å²) in [7, 11) is 0. The van der Waals surface area contributed by atoms with Gasteiger partial charge in [0, 0.05) is 0 Å². The highest BCUT2D eigenvalue weighted by atomic mass is 16.4. The van der Waals surface area contributed by atoms with Gasteiger partial charge in [-0.05, 0) is 24.7 Å². The molecule has 0 saturated heterocycles. The molecule has 0 aromatic carbocycles. The molecule has 0 aliphatic carbocycles. The Labute approximate surface area is 191 Å². The summed E-state index contributed by atoms with van der Waals surface area (Å²) in [5, 5.41) is 33.7. The molecule has 33 heavy (non-hydrogen) atoms. The van der Waals surface area contributed by atoms with Crippen molar-refractivity contribution >= 4 is 35.6 Å². The Morgan fingerprint density at radius 3 is 1.45 bits per heavy atom. The lowest BCUT2D eigenvalue weighted by molar-refractivity contribution is -0.147. The second kappa shape index (κ2) is 14.0. The molecule has 0 heterocycles. The van der Waals surface area contributed by atoms with Crippen LogP contribution in [0.5, 0.6) is 0 Å². The van der Waals surface area contributed by atoms with Crippen molar-refractivity contribution in [2.75, 3.05) is 0 Å². The molecule has 0 saturated carbocycles. The van der Waals surface area contributed by atoms with Crippen LogP contribution in [-0.2, 0) is 28.8 Å². The van der Waals surface area contributed by atoms with Crippen molar-refractivity contribution in [2.45, 2.75) is 77.5 Å². The van der Waals surface area contributed by atoms with Crippen LogP contribution in [0.3, 0.4) is 0 Å². The highest BCUT2D eigenvalue weighted by Gasteiger charge is 2.32. The van der Waals surface area contributed by atoms with E-state index in [9.17, 15) is 28.8 Å². The second-order valence-corrected chi connectivity index (χ2v) is 8.58. The van der Waals surface area contributed by atoms with Crippen LogP contribution in [0, 0.1) is 11.8 Å². The van der Waals surface area contributed by atoms with Gasteiger partial charge in [-0.15, -0.1) is 0 Å². The highest BCUT2D eigenvalue weighted by molar-refractivity contribution is 5.96. The van der Waals surface area contributed by atoms with E-state index in [0.717, 1.165) is 0 Å². The van der Waals surface area contributed by atoms with Crippen molar-refractivity contribution in [1.82, 2.24) is 16.0 Å². The Hall–Kier alpha value is -3.22. The summed E-state index contributed by atoms with van der Waals surface area (Å²) in [6, 6.07) is -5.54. The largest absolute Gasteiger partial charge is 0.481 e. The molecular formula is C20H34N4O9. The van der Waals surface area contributed by atoms with Gasteiger partial charge < -0.3 is 37.0 Å². The van der Waals surface area contributed by atoms with E-state index < -0.39 is 72.6 Å². The molecule has 0 aromatic heterocycles. The summed E-state index contributed by atoms with van der Waals surface area (Å²) >= 11 is 0. The molecule has 3 amide bonds. The Morgan fingerprint density at radius 2 is 1.03 bits per heavy atom. The minimum absolute atomic E-state index is 0.0393. The molecule has 188 valence electrons. The van der Waals surface area contributed by atoms with Crippen LogP contribution in [0.15, 0.2) is 0 Å². The number of carboxylic acids is 3. The minimum Gasteiger partial charge on any atom is -0.481 e. The van der Waals surface area contributed by atoms with Gasteiger partial charge in [0.05, 0.1) is 18.9 Å². The van der Waals surface area contributed by atoms with Gasteiger partial charge in [0.15, 0.2) is 0 Å². The van der Waals surface area contributed by atoms with Gasteiger partial charge in [0.2, 0.25) is 17.7 Å². The minimum atomic E-state index is -1.73. The van der Waals surface area contributed by atoms with Gasteiger partial charge in [-0.1, -0.05) is 27.7 Å². The number of hydrogen-bond acceptors (Lipinski definition) is 7. The average Bonchev–Trinajstić information content (AvgIpc) is 2.64. The van der Waals surface area contributed by atoms with E-state index in [2.05, 4.69) is 16.0 Å². The van der Waals surface area contributed by atoms with Crippen molar-refractivity contribution < 1.29 is 44.1 Å². The maximum atomic E-state index is 12.7. The normalized spacial score (nSPS) is 14.6. The first-order valence-electron chi connectivity index (χ1n) is 10.5. The molecule has 8 N–H and O–H groups in total. The Kier molecular flexibility index (Phi) is 12.7. The lowest BCUT2D eigenvalue weighted by Gasteiger charge is -2.25. The van der Waals surface area contributed by atoms with Crippen LogP contribution in [0.25, 0.3) is 0 Å². The molecule has 0 aliphatic heterocycles. The van der Waals surface area contributed by atoms with Gasteiger partial charge in [-0.3, -0.25) is 24.0 Å². The number of carbonyl (C=O) groups is 6. The first-order chi connectivity index (χ1) is 15.1. The number of carbonyl (C=O) groups excluding carboxylic acids is 3. The summed E-state index contributed by atoms with van der Waals surface area (Å²) in [5.74, 6) is -7.16. The summed E-state index contributed by atoms with van der Waals surface area (Å²) in [6.45, 7) is 7.11. The van der Waals surface area contributed by atoms with E-state index in [1.54, 1.807) is 13.8 Å². The van der Waals surface area contributed by atoms with E-state index in [-0.39, 0.29) is 18.3 Å². The second-order valence-electron chi connectivity index (χ2n) is 8.58. The lowest BCUT2D eigenvalue weighted by Crippen LogP contribution is -2.57. The van der Waals surface area contributed by atoms with Gasteiger partial charge >= 0.3 is 17.9 Å². The van der Waals surface area contributed by atoms with E-state index >= 15 is 0 Å². The number of carboxylic acid groups (broad SMARTS) is 3. The third-order valence-electron chi connectivity index (χ3n) is 4.41. The number of hydrogen-bond donors (Lipinski definition) is 7. The van der Waals surface area contributed by atoms with Crippen LogP contribution in [-0.4, -0.2) is 75.1 Å². The highest BCUT2D eigenvalue weighted by Crippen LogP contribution is 2.08. The van der Waals surface area contributed by atoms with Crippen LogP contribution in [0.2, 0.25) is 0 Å². The van der Waals surface area contributed by atoms with Crippen molar-refractivity contribution in [3.05, 3.63) is 0 Å². The van der Waals surface area contributed by atoms with E-state index in [4.69, 9.17) is 21.1 Å². The smallest absolute Gasteiger partial charge is 0.326 e. The summed E-state index contributed by atoms with van der Waals surface area (Å²) in [6.07, 6.45) is -1.32. The predicted octanol–water partition coefficient (Wildman–Crippen LogP) is -1.11. The Bertz CT molecular complexity index is 739. The zero-order chi connectivity index (χ0) is 25.9. The summed E-state index contributed by atoms with van der Waals surface area (Å²) < 4.78 is 0. The molecular weight excluding hydrogens is 440 g/mol. The number of nitrogens with one attached hydrogen (secondary N) is 3. The Balaban J connectivity index is 5.54. The Morgan fingerprint density at radius 1 is 0.636 bits per heavy atom. The molecule has 0 rings (SSSR count). The third kappa shape index (κ3) is 12.4. The third-order valence-corrected chi connectivity index (χ3v) is 4.41. The van der Waals surface area contributed by atoms with Crippen LogP contribution < -0.4 is 21.7 Å². The van der Waals surface area contributed by atoms with Gasteiger partial charge in [0.1, 0.15) is 18.1 Å². The fourth-order valence-electron chi connectivity index (χ4n) is 2.90. The van der Waals surface area contributed by atoms with Crippen LogP contribution in [0.4, 0.5) is 0 Å². The van der Waals surface area contributed by atoms with Crippen molar-refractivity contribution in [3.63, 3.8) is 0 Å². The quantitative estimate of drug-likeness (QED) is 0.151. The monoisotopic (exact) mass is 474 g/mol. The fourth-order valence-corrected chi connectivity index (χ4v) is 2.90. The molecule has 4 unspecified atom stereocenters. The maximum absolute atomic E-state index is 12.7. The molecule has 0 aromatic rings. The number of amides is 3. The molecule has 13 nitrogen and oxygen atoms in total. The predicted molar refractivity (Wildman–Crippen MR) is 115 cm³/mol. The lowest BCUT2D eigenvalue weighted by atomic mass is 10.0. The topological polar surface area (TPSA) is 225 Å². The zero-order valence-corrected chi connectivity index (χ0v) is 19.2. The van der Waals surface area contributed by atoms with Crippen molar-refractivity contribution in [1.29, 1.82) is 0 Å². The average molecular weight is 475 g/mol. The maximum Gasteiger partial charge on any atom is 0.326 e. The van der Waals surface area contributed by atoms with Crippen molar-refractivity contribution in [2.24, 2.45) is 17.6 Å². The zero-order valence-electron chi connectivity index (χ0n) is 19.2. The molecule has 4 atom stereocenters. The fraction of sp³-hybridized carbons (Fsp3) is 0.700. The van der Waals surface area contributed by atoms with Gasteiger partial charge in [-0.2, -0.15) is 0 Å². The van der Waals surface area contributed by atoms with E-state index in [0.29, 0.717) is 6.42 Å². The van der Waals surface area contributed by atoms with Crippen LogP contribution >= 0.6 is 0 Å². The number of nitrogens with two attached hydrogens (primary N) is 1. The summed E-state index contributed by atoms with van der Waals surface area (Å²) in [4.78, 5) is 70.9. The first kappa shape index (κ1) is 29.8. The van der Waals surface area contributed by atoms with E-state index in [1.807, 2.05) is 13.8 Å². The van der Waals surface area contributed by atoms with Crippen LogP contribution in [0.1, 0.15) is 53.4 Å². The molecule has 0 fully saturated rings. The number of rotatable bonds is 15. The van der Waals surface area contributed by atoms with E-state index in [1.165, 1.54) is 0 Å². The van der Waals surface area contributed by atoms with Gasteiger partial charge in [0.25, 0.3) is 0 Å². The van der Waals surface area contributed by atoms with Gasteiger partial charge in [-0.25, -0.2) is 4.79 Å².